The van der Waals surface area contributed by atoms with Crippen molar-refractivity contribution in [3.63, 3.8) is 0 Å². The molecule has 2 rings (SSSR count). The van der Waals surface area contributed by atoms with Crippen molar-refractivity contribution in [1.29, 1.82) is 0 Å². The summed E-state index contributed by atoms with van der Waals surface area (Å²) in [6.45, 7) is 8.82. The fourth-order valence-electron chi connectivity index (χ4n) is 3.37. The van der Waals surface area contributed by atoms with Gasteiger partial charge in [-0.15, -0.1) is 0 Å². The van der Waals surface area contributed by atoms with Gasteiger partial charge in [-0.25, -0.2) is 0 Å². The smallest absolute Gasteiger partial charge is 0.236 e. The van der Waals surface area contributed by atoms with Crippen LogP contribution in [0.25, 0.3) is 0 Å². The highest BCUT2D eigenvalue weighted by Gasteiger charge is 2.23. The molecule has 0 bridgehead atoms. The van der Waals surface area contributed by atoms with Crippen LogP contribution in [-0.2, 0) is 9.53 Å². The fraction of sp³-hybridized carbons (Fsp3) is 0.941. The van der Waals surface area contributed by atoms with Gasteiger partial charge in [0.25, 0.3) is 0 Å². The molecular formula is C17H33N3O2. The Morgan fingerprint density at radius 3 is 2.36 bits per heavy atom. The second-order valence-electron chi connectivity index (χ2n) is 7.08. The first-order valence-corrected chi connectivity index (χ1v) is 8.82. The molecule has 128 valence electrons. The zero-order chi connectivity index (χ0) is 15.9. The number of likely N-dealkylation sites (N-methyl/N-ethyl adjacent to an activating group) is 1. The first-order valence-electron chi connectivity index (χ1n) is 8.82. The number of carbonyl (C=O) groups is 1. The summed E-state index contributed by atoms with van der Waals surface area (Å²) in [5.41, 5.74) is 0. The third kappa shape index (κ3) is 5.52. The summed E-state index contributed by atoms with van der Waals surface area (Å²) in [4.78, 5) is 18.1. The SMILES string of the molecule is C[C@H]1CCCC[C@H]1OCCN1CCN(CC(=O)N(C)C)CC1. The number of ether oxygens (including phenoxy) is 1. The molecular weight excluding hydrogens is 278 g/mol. The molecule has 0 radical (unpaired) electrons. The molecule has 5 nitrogen and oxygen atoms in total. The molecule has 0 aromatic rings. The van der Waals surface area contributed by atoms with Gasteiger partial charge in [0.05, 0.1) is 19.3 Å². The minimum Gasteiger partial charge on any atom is -0.377 e. The average molecular weight is 311 g/mol. The molecule has 1 amide bonds. The van der Waals surface area contributed by atoms with Crippen molar-refractivity contribution in [2.45, 2.75) is 38.7 Å². The van der Waals surface area contributed by atoms with Crippen LogP contribution in [0.2, 0.25) is 0 Å². The van der Waals surface area contributed by atoms with Gasteiger partial charge < -0.3 is 9.64 Å². The minimum atomic E-state index is 0.197. The van der Waals surface area contributed by atoms with Crippen LogP contribution in [0.3, 0.4) is 0 Å². The van der Waals surface area contributed by atoms with Crippen molar-refractivity contribution in [2.24, 2.45) is 5.92 Å². The molecule has 0 unspecified atom stereocenters. The first-order chi connectivity index (χ1) is 10.6. The second-order valence-corrected chi connectivity index (χ2v) is 7.08. The van der Waals surface area contributed by atoms with Crippen LogP contribution in [0.4, 0.5) is 0 Å². The highest BCUT2D eigenvalue weighted by atomic mass is 16.5. The molecule has 2 fully saturated rings. The Morgan fingerprint density at radius 1 is 1.09 bits per heavy atom. The number of nitrogens with zero attached hydrogens (tertiary/aromatic N) is 3. The summed E-state index contributed by atoms with van der Waals surface area (Å²) < 4.78 is 6.10. The molecule has 0 spiro atoms. The summed E-state index contributed by atoms with van der Waals surface area (Å²) in [5.74, 6) is 0.922. The van der Waals surface area contributed by atoms with E-state index in [4.69, 9.17) is 4.74 Å². The standard InChI is InChI=1S/C17H33N3O2/c1-15-6-4-5-7-16(15)22-13-12-19-8-10-20(11-9-19)14-17(21)18(2)3/h15-16H,4-14H2,1-3H3/t15-,16+/m0/s1. The van der Waals surface area contributed by atoms with E-state index in [-0.39, 0.29) is 5.91 Å². The third-order valence-electron chi connectivity index (χ3n) is 5.09. The van der Waals surface area contributed by atoms with Gasteiger partial charge in [-0.1, -0.05) is 19.8 Å². The summed E-state index contributed by atoms with van der Waals surface area (Å²) in [6.07, 6.45) is 5.74. The van der Waals surface area contributed by atoms with E-state index in [0.29, 0.717) is 12.6 Å². The van der Waals surface area contributed by atoms with E-state index < -0.39 is 0 Å². The first kappa shape index (κ1) is 17.7. The van der Waals surface area contributed by atoms with Gasteiger partial charge in [-0.2, -0.15) is 0 Å². The summed E-state index contributed by atoms with van der Waals surface area (Å²) >= 11 is 0. The molecule has 0 aromatic carbocycles. The Bertz CT molecular complexity index is 341. The lowest BCUT2D eigenvalue weighted by Gasteiger charge is -2.35. The summed E-state index contributed by atoms with van der Waals surface area (Å²) in [5, 5.41) is 0. The van der Waals surface area contributed by atoms with Crippen LogP contribution in [0, 0.1) is 5.92 Å². The van der Waals surface area contributed by atoms with Crippen LogP contribution < -0.4 is 0 Å². The van der Waals surface area contributed by atoms with Crippen LogP contribution in [0.5, 0.6) is 0 Å². The summed E-state index contributed by atoms with van der Waals surface area (Å²) in [6, 6.07) is 0. The van der Waals surface area contributed by atoms with E-state index in [0.717, 1.165) is 45.2 Å². The summed E-state index contributed by atoms with van der Waals surface area (Å²) in [7, 11) is 3.64. The average Bonchev–Trinajstić information content (AvgIpc) is 2.51. The van der Waals surface area contributed by atoms with Gasteiger partial charge in [-0.3, -0.25) is 14.6 Å². The Balaban J connectivity index is 1.58. The maximum atomic E-state index is 11.7. The number of hydrogen-bond donors (Lipinski definition) is 0. The number of rotatable bonds is 6. The van der Waals surface area contributed by atoms with Gasteiger partial charge in [0.15, 0.2) is 0 Å². The Hall–Kier alpha value is -0.650. The molecule has 5 heteroatoms. The van der Waals surface area contributed by atoms with Crippen molar-refractivity contribution in [2.75, 3.05) is 60.0 Å². The molecule has 2 atom stereocenters. The number of carbonyl (C=O) groups excluding carboxylic acids is 1. The molecule has 1 saturated carbocycles. The highest BCUT2D eigenvalue weighted by molar-refractivity contribution is 5.77. The third-order valence-corrected chi connectivity index (χ3v) is 5.09. The zero-order valence-electron chi connectivity index (χ0n) is 14.6. The second kappa shape index (κ2) is 8.85. The van der Waals surface area contributed by atoms with Crippen LogP contribution >= 0.6 is 0 Å². The minimum absolute atomic E-state index is 0.197. The van der Waals surface area contributed by atoms with Crippen molar-refractivity contribution in [1.82, 2.24) is 14.7 Å². The number of hydrogen-bond acceptors (Lipinski definition) is 4. The fourth-order valence-corrected chi connectivity index (χ4v) is 3.37. The van der Waals surface area contributed by atoms with E-state index in [1.54, 1.807) is 4.90 Å². The van der Waals surface area contributed by atoms with Gasteiger partial charge in [0, 0.05) is 46.8 Å². The van der Waals surface area contributed by atoms with Crippen LogP contribution in [0.1, 0.15) is 32.6 Å². The lowest BCUT2D eigenvalue weighted by molar-refractivity contribution is -0.130. The van der Waals surface area contributed by atoms with Crippen molar-refractivity contribution >= 4 is 5.91 Å². The Morgan fingerprint density at radius 2 is 1.73 bits per heavy atom. The van der Waals surface area contributed by atoms with E-state index in [9.17, 15) is 4.79 Å². The molecule has 22 heavy (non-hydrogen) atoms. The maximum absolute atomic E-state index is 11.7. The van der Waals surface area contributed by atoms with E-state index >= 15 is 0 Å². The van der Waals surface area contributed by atoms with Gasteiger partial charge in [-0.05, 0) is 18.8 Å². The quantitative estimate of drug-likeness (QED) is 0.740. The predicted octanol–water partition coefficient (Wildman–Crippen LogP) is 1.29. The molecule has 2 aliphatic rings. The molecule has 0 N–H and O–H groups in total. The number of amides is 1. The monoisotopic (exact) mass is 311 g/mol. The van der Waals surface area contributed by atoms with E-state index in [1.807, 2.05) is 14.1 Å². The van der Waals surface area contributed by atoms with Gasteiger partial charge in [0.1, 0.15) is 0 Å². The van der Waals surface area contributed by atoms with Crippen LogP contribution in [-0.4, -0.2) is 86.7 Å². The molecule has 0 aromatic heterocycles. The van der Waals surface area contributed by atoms with Crippen molar-refractivity contribution in [3.05, 3.63) is 0 Å². The molecule has 1 aliphatic heterocycles. The van der Waals surface area contributed by atoms with Crippen molar-refractivity contribution < 1.29 is 9.53 Å². The lowest BCUT2D eigenvalue weighted by Crippen LogP contribution is -2.50. The largest absolute Gasteiger partial charge is 0.377 e. The normalized spacial score (nSPS) is 27.8. The van der Waals surface area contributed by atoms with Crippen LogP contribution in [0.15, 0.2) is 0 Å². The molecule has 1 aliphatic carbocycles. The number of piperazine rings is 1. The zero-order valence-corrected chi connectivity index (χ0v) is 14.6. The molecule has 1 saturated heterocycles. The van der Waals surface area contributed by atoms with E-state index in [1.165, 1.54) is 25.7 Å². The van der Waals surface area contributed by atoms with Crippen molar-refractivity contribution in [3.8, 4) is 0 Å². The Labute approximate surface area is 135 Å². The maximum Gasteiger partial charge on any atom is 0.236 e. The van der Waals surface area contributed by atoms with Gasteiger partial charge in [0.2, 0.25) is 5.91 Å². The van der Waals surface area contributed by atoms with E-state index in [2.05, 4.69) is 16.7 Å². The lowest BCUT2D eigenvalue weighted by atomic mass is 9.88. The van der Waals surface area contributed by atoms with Gasteiger partial charge >= 0.3 is 0 Å². The Kier molecular flexibility index (Phi) is 7.12. The topological polar surface area (TPSA) is 36.0 Å². The molecule has 1 heterocycles. The predicted molar refractivity (Wildman–Crippen MR) is 88.9 cm³/mol. The highest BCUT2D eigenvalue weighted by Crippen LogP contribution is 2.26.